The fraction of sp³-hybridized carbons (Fsp3) is 0.143. The Bertz CT molecular complexity index is 934. The molecule has 1 unspecified atom stereocenters. The van der Waals surface area contributed by atoms with Crippen LogP contribution in [0.3, 0.4) is 0 Å². The van der Waals surface area contributed by atoms with Crippen LogP contribution in [-0.4, -0.2) is 24.6 Å². The van der Waals surface area contributed by atoms with Crippen LogP contribution in [0.25, 0.3) is 21.9 Å². The van der Waals surface area contributed by atoms with E-state index in [2.05, 4.69) is 10.1 Å². The molecule has 0 saturated carbocycles. The quantitative estimate of drug-likeness (QED) is 0.527. The average Bonchev–Trinajstić information content (AvgIpc) is 2.68. The number of esters is 1. The maximum atomic E-state index is 11.5. The largest absolute Gasteiger partial charge is 0.507 e. The van der Waals surface area contributed by atoms with Gasteiger partial charge < -0.3 is 15.2 Å². The van der Waals surface area contributed by atoms with Gasteiger partial charge in [-0.05, 0) is 28.1 Å². The molecule has 0 heterocycles. The number of carbonyl (C=O) groups excluding carboxylic acids is 2. The standard InChI is InChI=1S/C21H19NO4/c1-26-21(25)12-19(22-13-23)15-8-6-14(7-9-15)16-10-11-20(24)18-5-3-2-4-17(16)18/h2-11,13,19,24H,12H2,1H3,(H,22,23). The van der Waals surface area contributed by atoms with E-state index in [9.17, 15) is 14.7 Å². The van der Waals surface area contributed by atoms with Crippen LogP contribution in [0.4, 0.5) is 0 Å². The van der Waals surface area contributed by atoms with E-state index in [1.54, 1.807) is 6.07 Å². The number of hydrogen-bond acceptors (Lipinski definition) is 4. The number of carbonyl (C=O) groups is 2. The van der Waals surface area contributed by atoms with Crippen molar-refractivity contribution in [1.29, 1.82) is 0 Å². The van der Waals surface area contributed by atoms with Gasteiger partial charge in [0.25, 0.3) is 0 Å². The van der Waals surface area contributed by atoms with E-state index < -0.39 is 12.0 Å². The molecular formula is C21H19NO4. The fourth-order valence-electron chi connectivity index (χ4n) is 3.04. The van der Waals surface area contributed by atoms with Gasteiger partial charge in [-0.2, -0.15) is 0 Å². The molecule has 5 heteroatoms. The molecule has 2 N–H and O–H groups in total. The number of benzene rings is 3. The van der Waals surface area contributed by atoms with Crippen molar-refractivity contribution in [2.75, 3.05) is 7.11 Å². The zero-order valence-corrected chi connectivity index (χ0v) is 14.3. The molecule has 1 atom stereocenters. The summed E-state index contributed by atoms with van der Waals surface area (Å²) in [6, 6.07) is 18.4. The van der Waals surface area contributed by atoms with Gasteiger partial charge in [0.2, 0.25) is 6.41 Å². The molecule has 0 spiro atoms. The van der Waals surface area contributed by atoms with Crippen LogP contribution in [0.1, 0.15) is 18.0 Å². The number of hydrogen-bond donors (Lipinski definition) is 2. The number of fused-ring (bicyclic) bond motifs is 1. The van der Waals surface area contributed by atoms with E-state index in [0.717, 1.165) is 27.5 Å². The van der Waals surface area contributed by atoms with Crippen LogP contribution in [-0.2, 0) is 14.3 Å². The molecule has 0 aliphatic rings. The van der Waals surface area contributed by atoms with Crippen molar-refractivity contribution in [2.45, 2.75) is 12.5 Å². The normalized spacial score (nSPS) is 11.7. The van der Waals surface area contributed by atoms with Gasteiger partial charge in [0, 0.05) is 5.39 Å². The van der Waals surface area contributed by atoms with Crippen molar-refractivity contribution in [3.05, 3.63) is 66.2 Å². The minimum atomic E-state index is -0.439. The first-order valence-corrected chi connectivity index (χ1v) is 8.21. The molecule has 3 aromatic rings. The van der Waals surface area contributed by atoms with Crippen LogP contribution in [0.15, 0.2) is 60.7 Å². The minimum absolute atomic E-state index is 0.0662. The van der Waals surface area contributed by atoms with E-state index >= 15 is 0 Å². The van der Waals surface area contributed by atoms with Crippen molar-refractivity contribution in [1.82, 2.24) is 5.32 Å². The fourth-order valence-corrected chi connectivity index (χ4v) is 3.04. The summed E-state index contributed by atoms with van der Waals surface area (Å²) in [7, 11) is 1.32. The highest BCUT2D eigenvalue weighted by Crippen LogP contribution is 2.34. The second-order valence-corrected chi connectivity index (χ2v) is 5.92. The minimum Gasteiger partial charge on any atom is -0.507 e. The van der Waals surface area contributed by atoms with Crippen molar-refractivity contribution < 1.29 is 19.4 Å². The van der Waals surface area contributed by atoms with Gasteiger partial charge in [0.15, 0.2) is 0 Å². The number of aromatic hydroxyl groups is 1. The summed E-state index contributed by atoms with van der Waals surface area (Å²) in [5.41, 5.74) is 2.79. The Morgan fingerprint density at radius 3 is 2.42 bits per heavy atom. The highest BCUT2D eigenvalue weighted by molar-refractivity contribution is 5.99. The number of phenolic OH excluding ortho intramolecular Hbond substituents is 1. The van der Waals surface area contributed by atoms with E-state index in [1.807, 2.05) is 54.6 Å². The third-order valence-electron chi connectivity index (χ3n) is 4.39. The van der Waals surface area contributed by atoms with Crippen molar-refractivity contribution in [2.24, 2.45) is 0 Å². The summed E-state index contributed by atoms with van der Waals surface area (Å²) in [6.45, 7) is 0. The Morgan fingerprint density at radius 1 is 1.08 bits per heavy atom. The van der Waals surface area contributed by atoms with Gasteiger partial charge >= 0.3 is 5.97 Å². The molecular weight excluding hydrogens is 330 g/mol. The van der Waals surface area contributed by atoms with Crippen LogP contribution in [0.5, 0.6) is 5.75 Å². The van der Waals surface area contributed by atoms with E-state index in [4.69, 9.17) is 0 Å². The van der Waals surface area contributed by atoms with Gasteiger partial charge in [0.1, 0.15) is 5.75 Å². The van der Waals surface area contributed by atoms with Gasteiger partial charge in [-0.1, -0.05) is 54.6 Å². The molecule has 0 aliphatic heterocycles. The Hall–Kier alpha value is -3.34. The van der Waals surface area contributed by atoms with Crippen LogP contribution >= 0.6 is 0 Å². The van der Waals surface area contributed by atoms with Crippen LogP contribution in [0.2, 0.25) is 0 Å². The predicted molar refractivity (Wildman–Crippen MR) is 99.6 cm³/mol. The zero-order chi connectivity index (χ0) is 18.5. The van der Waals surface area contributed by atoms with Crippen LogP contribution in [0, 0.1) is 0 Å². The summed E-state index contributed by atoms with van der Waals surface area (Å²) in [4.78, 5) is 22.4. The number of phenols is 1. The monoisotopic (exact) mass is 349 g/mol. The molecule has 0 bridgehead atoms. The zero-order valence-electron chi connectivity index (χ0n) is 14.3. The average molecular weight is 349 g/mol. The summed E-state index contributed by atoms with van der Waals surface area (Å²) >= 11 is 0. The van der Waals surface area contributed by atoms with Gasteiger partial charge in [0.05, 0.1) is 19.6 Å². The Labute approximate surface area is 151 Å². The van der Waals surface area contributed by atoms with E-state index in [0.29, 0.717) is 6.41 Å². The lowest BCUT2D eigenvalue weighted by atomic mass is 9.95. The lowest BCUT2D eigenvalue weighted by Crippen LogP contribution is -2.23. The second-order valence-electron chi connectivity index (χ2n) is 5.92. The Balaban J connectivity index is 1.96. The number of ether oxygens (including phenoxy) is 1. The molecule has 3 rings (SSSR count). The third-order valence-corrected chi connectivity index (χ3v) is 4.39. The molecule has 26 heavy (non-hydrogen) atoms. The van der Waals surface area contributed by atoms with Crippen molar-refractivity contribution >= 4 is 23.2 Å². The van der Waals surface area contributed by atoms with E-state index in [-0.39, 0.29) is 12.2 Å². The Morgan fingerprint density at radius 2 is 1.77 bits per heavy atom. The molecule has 0 aliphatic carbocycles. The maximum absolute atomic E-state index is 11.5. The number of methoxy groups -OCH3 is 1. The highest BCUT2D eigenvalue weighted by Gasteiger charge is 2.16. The summed E-state index contributed by atoms with van der Waals surface area (Å²) in [5, 5.41) is 14.4. The SMILES string of the molecule is COC(=O)CC(NC=O)c1ccc(-c2ccc(O)c3ccccc23)cc1. The predicted octanol–water partition coefficient (Wildman–Crippen LogP) is 3.56. The van der Waals surface area contributed by atoms with Gasteiger partial charge in [-0.25, -0.2) is 0 Å². The van der Waals surface area contributed by atoms with Crippen LogP contribution < -0.4 is 5.32 Å². The first-order valence-electron chi connectivity index (χ1n) is 8.21. The molecule has 3 aromatic carbocycles. The van der Waals surface area contributed by atoms with Crippen molar-refractivity contribution in [3.8, 4) is 16.9 Å². The molecule has 0 fully saturated rings. The molecule has 0 aromatic heterocycles. The van der Waals surface area contributed by atoms with E-state index in [1.165, 1.54) is 7.11 Å². The van der Waals surface area contributed by atoms with Gasteiger partial charge in [-0.15, -0.1) is 0 Å². The number of nitrogens with one attached hydrogen (secondary N) is 1. The molecule has 0 saturated heterocycles. The maximum Gasteiger partial charge on any atom is 0.307 e. The van der Waals surface area contributed by atoms with Gasteiger partial charge in [-0.3, -0.25) is 9.59 Å². The molecule has 1 amide bonds. The lowest BCUT2D eigenvalue weighted by molar-refractivity contribution is -0.141. The summed E-state index contributed by atoms with van der Waals surface area (Å²) < 4.78 is 4.68. The smallest absolute Gasteiger partial charge is 0.307 e. The first-order chi connectivity index (χ1) is 12.6. The molecule has 132 valence electrons. The lowest BCUT2D eigenvalue weighted by Gasteiger charge is -2.16. The summed E-state index contributed by atoms with van der Waals surface area (Å²) in [6.07, 6.45) is 0.645. The second kappa shape index (κ2) is 7.70. The molecule has 5 nitrogen and oxygen atoms in total. The summed E-state index contributed by atoms with van der Waals surface area (Å²) in [5.74, 6) is -0.146. The third kappa shape index (κ3) is 3.52. The topological polar surface area (TPSA) is 75.6 Å². The Kier molecular flexibility index (Phi) is 5.17. The first kappa shape index (κ1) is 17.5. The van der Waals surface area contributed by atoms with Crippen molar-refractivity contribution in [3.63, 3.8) is 0 Å². The molecule has 0 radical (unpaired) electrons. The highest BCUT2D eigenvalue weighted by atomic mass is 16.5. The number of rotatable bonds is 6. The number of amides is 1.